The number of hydrogen-bond acceptors (Lipinski definition) is 6. The van der Waals surface area contributed by atoms with Crippen molar-refractivity contribution in [1.82, 2.24) is 9.97 Å². The Labute approximate surface area is 106 Å². The summed E-state index contributed by atoms with van der Waals surface area (Å²) in [6.07, 6.45) is 3.83. The molecule has 1 aliphatic rings. The fourth-order valence-corrected chi connectivity index (χ4v) is 2.20. The molecule has 6 nitrogen and oxygen atoms in total. The smallest absolute Gasteiger partial charge is 0.227 e. The van der Waals surface area contributed by atoms with Crippen LogP contribution in [0.5, 0.6) is 0 Å². The monoisotopic (exact) mass is 247 g/mol. The van der Waals surface area contributed by atoms with E-state index in [1.54, 1.807) is 0 Å². The number of nitrogen functional groups attached to an aromatic ring is 1. The van der Waals surface area contributed by atoms with Crippen molar-refractivity contribution >= 4 is 11.8 Å². The van der Waals surface area contributed by atoms with Crippen LogP contribution in [0.1, 0.15) is 31.7 Å². The van der Waals surface area contributed by atoms with E-state index in [4.69, 9.17) is 11.0 Å². The van der Waals surface area contributed by atoms with Gasteiger partial charge in [0.05, 0.1) is 11.8 Å². The Morgan fingerprint density at radius 2 is 2.44 bits per heavy atom. The molecular weight excluding hydrogens is 230 g/mol. The van der Waals surface area contributed by atoms with Gasteiger partial charge in [-0.25, -0.2) is 4.98 Å². The van der Waals surface area contributed by atoms with Crippen molar-refractivity contribution in [3.8, 4) is 6.07 Å². The van der Waals surface area contributed by atoms with Gasteiger partial charge in [-0.05, 0) is 19.3 Å². The third-order valence-electron chi connectivity index (χ3n) is 3.42. The lowest BCUT2D eigenvalue weighted by Gasteiger charge is -2.38. The van der Waals surface area contributed by atoms with Crippen LogP contribution in [0.15, 0.2) is 6.20 Å². The summed E-state index contributed by atoms with van der Waals surface area (Å²) >= 11 is 0. The number of nitrogens with zero attached hydrogens (tertiary/aromatic N) is 4. The third kappa shape index (κ3) is 2.36. The molecule has 1 saturated heterocycles. The van der Waals surface area contributed by atoms with Crippen LogP contribution in [0.25, 0.3) is 0 Å². The van der Waals surface area contributed by atoms with Crippen molar-refractivity contribution in [3.05, 3.63) is 11.8 Å². The van der Waals surface area contributed by atoms with Gasteiger partial charge in [-0.3, -0.25) is 0 Å². The minimum absolute atomic E-state index is 0.188. The highest BCUT2D eigenvalue weighted by Gasteiger charge is 2.32. The molecule has 3 N–H and O–H groups in total. The average molecular weight is 247 g/mol. The molecule has 0 amide bonds. The Hall–Kier alpha value is -1.87. The van der Waals surface area contributed by atoms with E-state index in [1.807, 2.05) is 17.9 Å². The van der Waals surface area contributed by atoms with Gasteiger partial charge in [-0.2, -0.15) is 10.2 Å². The van der Waals surface area contributed by atoms with Crippen molar-refractivity contribution in [2.45, 2.75) is 31.8 Å². The lowest BCUT2D eigenvalue weighted by molar-refractivity contribution is 0.0219. The van der Waals surface area contributed by atoms with Crippen LogP contribution in [0.2, 0.25) is 0 Å². The highest BCUT2D eigenvalue weighted by Crippen LogP contribution is 2.26. The van der Waals surface area contributed by atoms with E-state index >= 15 is 0 Å². The lowest BCUT2D eigenvalue weighted by Crippen LogP contribution is -2.48. The van der Waals surface area contributed by atoms with Gasteiger partial charge in [0.1, 0.15) is 17.5 Å². The largest absolute Gasteiger partial charge is 0.388 e. The van der Waals surface area contributed by atoms with Gasteiger partial charge in [0, 0.05) is 13.1 Å². The fourth-order valence-electron chi connectivity index (χ4n) is 2.20. The van der Waals surface area contributed by atoms with Gasteiger partial charge in [-0.1, -0.05) is 6.92 Å². The predicted octanol–water partition coefficient (Wildman–Crippen LogP) is 0.672. The summed E-state index contributed by atoms with van der Waals surface area (Å²) in [4.78, 5) is 10.2. The van der Waals surface area contributed by atoms with Crippen LogP contribution in [0, 0.1) is 11.3 Å². The van der Waals surface area contributed by atoms with Gasteiger partial charge in [0.15, 0.2) is 0 Å². The summed E-state index contributed by atoms with van der Waals surface area (Å²) in [5.74, 6) is 0.672. The number of aromatic nitrogens is 2. The fraction of sp³-hybridized carbons (Fsp3) is 0.583. The zero-order valence-corrected chi connectivity index (χ0v) is 10.4. The van der Waals surface area contributed by atoms with Gasteiger partial charge in [-0.15, -0.1) is 0 Å². The molecule has 96 valence electrons. The molecule has 1 aromatic rings. The maximum absolute atomic E-state index is 10.3. The van der Waals surface area contributed by atoms with Crippen molar-refractivity contribution in [2.24, 2.45) is 0 Å². The van der Waals surface area contributed by atoms with Crippen molar-refractivity contribution < 1.29 is 5.11 Å². The van der Waals surface area contributed by atoms with Crippen molar-refractivity contribution in [2.75, 3.05) is 23.7 Å². The molecule has 1 fully saturated rings. The lowest BCUT2D eigenvalue weighted by atomic mass is 9.90. The number of rotatable bonds is 2. The van der Waals surface area contributed by atoms with E-state index in [0.717, 1.165) is 19.4 Å². The van der Waals surface area contributed by atoms with Crippen LogP contribution < -0.4 is 10.6 Å². The predicted molar refractivity (Wildman–Crippen MR) is 67.8 cm³/mol. The Kier molecular flexibility index (Phi) is 3.34. The molecule has 1 atom stereocenters. The minimum atomic E-state index is -0.676. The van der Waals surface area contributed by atoms with Gasteiger partial charge in [0.25, 0.3) is 0 Å². The molecular formula is C12H17N5O. The van der Waals surface area contributed by atoms with E-state index in [2.05, 4.69) is 9.97 Å². The number of anilines is 2. The van der Waals surface area contributed by atoms with E-state index < -0.39 is 5.60 Å². The summed E-state index contributed by atoms with van der Waals surface area (Å²) in [5, 5.41) is 19.1. The van der Waals surface area contributed by atoms with E-state index in [1.165, 1.54) is 6.20 Å². The number of β-amino-alcohol motifs (C(OH)–C–C–N with tert-alkyl or cyclic N) is 1. The number of nitriles is 1. The molecule has 0 bridgehead atoms. The molecule has 1 aromatic heterocycles. The van der Waals surface area contributed by atoms with Gasteiger partial charge >= 0.3 is 0 Å². The molecule has 0 radical (unpaired) electrons. The number of piperidine rings is 1. The number of aliphatic hydroxyl groups is 1. The zero-order valence-electron chi connectivity index (χ0n) is 10.4. The molecule has 0 aliphatic carbocycles. The molecule has 1 aliphatic heterocycles. The molecule has 0 spiro atoms. The Bertz CT molecular complexity index is 484. The van der Waals surface area contributed by atoms with Crippen LogP contribution in [0.4, 0.5) is 11.8 Å². The molecule has 0 saturated carbocycles. The van der Waals surface area contributed by atoms with Gasteiger partial charge < -0.3 is 15.7 Å². The molecule has 6 heteroatoms. The number of nitrogens with two attached hydrogens (primary N) is 1. The molecule has 2 heterocycles. The first-order chi connectivity index (χ1) is 8.58. The van der Waals surface area contributed by atoms with Crippen LogP contribution in [-0.2, 0) is 0 Å². The van der Waals surface area contributed by atoms with Crippen LogP contribution in [0.3, 0.4) is 0 Å². The first kappa shape index (κ1) is 12.6. The SMILES string of the molecule is CC[C@@]1(O)CCCN(c2ncc(C#N)c(N)n2)C1. The summed E-state index contributed by atoms with van der Waals surface area (Å²) in [6, 6.07) is 1.93. The first-order valence-electron chi connectivity index (χ1n) is 6.08. The van der Waals surface area contributed by atoms with Crippen molar-refractivity contribution in [1.29, 1.82) is 5.26 Å². The van der Waals surface area contributed by atoms with E-state index in [0.29, 0.717) is 18.9 Å². The van der Waals surface area contributed by atoms with E-state index in [-0.39, 0.29) is 11.4 Å². The normalized spacial score (nSPS) is 23.7. The quantitative estimate of drug-likeness (QED) is 0.797. The Morgan fingerprint density at radius 3 is 3.06 bits per heavy atom. The highest BCUT2D eigenvalue weighted by molar-refractivity contribution is 5.50. The molecule has 2 rings (SSSR count). The second-order valence-corrected chi connectivity index (χ2v) is 4.68. The highest BCUT2D eigenvalue weighted by atomic mass is 16.3. The second kappa shape index (κ2) is 4.78. The Morgan fingerprint density at radius 1 is 1.67 bits per heavy atom. The first-order valence-corrected chi connectivity index (χ1v) is 6.08. The van der Waals surface area contributed by atoms with Crippen LogP contribution in [-0.4, -0.2) is 33.8 Å². The van der Waals surface area contributed by atoms with E-state index in [9.17, 15) is 5.11 Å². The zero-order chi connectivity index (χ0) is 13.2. The standard InChI is InChI=1S/C12H17N5O/c1-2-12(18)4-3-5-17(8-12)11-15-7-9(6-13)10(14)16-11/h7,18H,2-5,8H2,1H3,(H2,14,15,16)/t12-/m1/s1. The number of hydrogen-bond donors (Lipinski definition) is 2. The summed E-state index contributed by atoms with van der Waals surface area (Å²) in [7, 11) is 0. The molecule has 0 aromatic carbocycles. The molecule has 18 heavy (non-hydrogen) atoms. The summed E-state index contributed by atoms with van der Waals surface area (Å²) in [6.45, 7) is 3.28. The third-order valence-corrected chi connectivity index (χ3v) is 3.42. The Balaban J connectivity index is 2.22. The minimum Gasteiger partial charge on any atom is -0.388 e. The average Bonchev–Trinajstić information content (AvgIpc) is 2.39. The summed E-state index contributed by atoms with van der Waals surface area (Å²) in [5.41, 5.74) is 5.28. The molecule has 0 unspecified atom stereocenters. The second-order valence-electron chi connectivity index (χ2n) is 4.68. The van der Waals surface area contributed by atoms with Crippen LogP contribution >= 0.6 is 0 Å². The maximum Gasteiger partial charge on any atom is 0.227 e. The maximum atomic E-state index is 10.3. The topological polar surface area (TPSA) is 99.1 Å². The van der Waals surface area contributed by atoms with Crippen molar-refractivity contribution in [3.63, 3.8) is 0 Å². The van der Waals surface area contributed by atoms with Gasteiger partial charge in [0.2, 0.25) is 5.95 Å². The summed E-state index contributed by atoms with van der Waals surface area (Å²) < 4.78 is 0.